The van der Waals surface area contributed by atoms with Crippen molar-refractivity contribution in [1.29, 1.82) is 0 Å². The summed E-state index contributed by atoms with van der Waals surface area (Å²) in [7, 11) is 0. The van der Waals surface area contributed by atoms with E-state index in [2.05, 4.69) is 6.92 Å². The van der Waals surface area contributed by atoms with Crippen molar-refractivity contribution in [3.8, 4) is 0 Å². The normalized spacial score (nSPS) is 48.8. The van der Waals surface area contributed by atoms with Crippen LogP contribution < -0.4 is 0 Å². The van der Waals surface area contributed by atoms with Gasteiger partial charge in [-0.3, -0.25) is 4.79 Å². The molecule has 80 valence electrons. The molecule has 3 nitrogen and oxygen atoms in total. The molecule has 0 aromatic carbocycles. The highest BCUT2D eigenvalue weighted by molar-refractivity contribution is 5.88. The summed E-state index contributed by atoms with van der Waals surface area (Å²) < 4.78 is 0. The van der Waals surface area contributed by atoms with Gasteiger partial charge in [0.1, 0.15) is 12.2 Å². The number of hydrogen-bond acceptors (Lipinski definition) is 3. The van der Waals surface area contributed by atoms with Gasteiger partial charge in [0.05, 0.1) is 0 Å². The summed E-state index contributed by atoms with van der Waals surface area (Å²) in [5.74, 6) is 0.706. The first kappa shape index (κ1) is 10.1. The van der Waals surface area contributed by atoms with Crippen molar-refractivity contribution in [3.63, 3.8) is 0 Å². The molecule has 2 aliphatic rings. The number of ketones is 1. The molecule has 5 atom stereocenters. The Bertz CT molecular complexity index is 239. The van der Waals surface area contributed by atoms with E-state index in [9.17, 15) is 15.0 Å². The third kappa shape index (κ3) is 1.59. The maximum Gasteiger partial charge on any atom is 0.189 e. The van der Waals surface area contributed by atoms with Gasteiger partial charge >= 0.3 is 0 Å². The summed E-state index contributed by atoms with van der Waals surface area (Å²) in [6, 6.07) is 0. The molecule has 0 aromatic heterocycles. The quantitative estimate of drug-likeness (QED) is 0.603. The average molecular weight is 198 g/mol. The van der Waals surface area contributed by atoms with Gasteiger partial charge in [-0.15, -0.1) is 0 Å². The molecule has 2 N–H and O–H groups in total. The summed E-state index contributed by atoms with van der Waals surface area (Å²) in [5.41, 5.74) is 0. The van der Waals surface area contributed by atoms with Gasteiger partial charge in [-0.05, 0) is 37.0 Å². The number of fused-ring (bicyclic) bond motifs is 1. The van der Waals surface area contributed by atoms with Gasteiger partial charge in [0.2, 0.25) is 0 Å². The van der Waals surface area contributed by atoms with Crippen LogP contribution >= 0.6 is 0 Å². The minimum atomic E-state index is -0.917. The Balaban J connectivity index is 2.12. The molecule has 0 amide bonds. The van der Waals surface area contributed by atoms with Crippen molar-refractivity contribution in [3.05, 3.63) is 0 Å². The molecule has 2 aliphatic carbocycles. The van der Waals surface area contributed by atoms with Crippen molar-refractivity contribution in [2.45, 2.75) is 44.8 Å². The van der Waals surface area contributed by atoms with Crippen molar-refractivity contribution in [1.82, 2.24) is 0 Å². The molecule has 0 bridgehead atoms. The monoisotopic (exact) mass is 198 g/mol. The second-order valence-electron chi connectivity index (χ2n) is 4.94. The fraction of sp³-hybridized carbons (Fsp3) is 0.909. The molecule has 2 fully saturated rings. The molecular weight excluding hydrogens is 180 g/mol. The van der Waals surface area contributed by atoms with E-state index >= 15 is 0 Å². The van der Waals surface area contributed by atoms with Crippen LogP contribution in [0.1, 0.15) is 32.6 Å². The number of Topliss-reactive ketones (excluding diaryl/α,β-unsaturated/α-hetero) is 1. The summed E-state index contributed by atoms with van der Waals surface area (Å²) in [4.78, 5) is 11.4. The first-order valence-corrected chi connectivity index (χ1v) is 5.49. The molecule has 0 spiro atoms. The number of carbonyl (C=O) groups is 1. The minimum Gasteiger partial charge on any atom is -0.385 e. The summed E-state index contributed by atoms with van der Waals surface area (Å²) in [6.07, 6.45) is 1.88. The van der Waals surface area contributed by atoms with Crippen molar-refractivity contribution >= 4 is 5.78 Å². The van der Waals surface area contributed by atoms with Crippen LogP contribution in [0.4, 0.5) is 0 Å². The lowest BCUT2D eigenvalue weighted by Gasteiger charge is -2.42. The van der Waals surface area contributed by atoms with Gasteiger partial charge < -0.3 is 10.2 Å². The van der Waals surface area contributed by atoms with Gasteiger partial charge in [-0.2, -0.15) is 0 Å². The van der Waals surface area contributed by atoms with Crippen LogP contribution in [0, 0.1) is 17.8 Å². The minimum absolute atomic E-state index is 0.106. The lowest BCUT2D eigenvalue weighted by Crippen LogP contribution is -2.49. The second kappa shape index (κ2) is 3.63. The van der Waals surface area contributed by atoms with Gasteiger partial charge in [-0.25, -0.2) is 0 Å². The number of carbonyl (C=O) groups excluding carboxylic acids is 1. The van der Waals surface area contributed by atoms with Gasteiger partial charge in [0.15, 0.2) is 5.78 Å². The van der Waals surface area contributed by atoms with Crippen LogP contribution in [-0.4, -0.2) is 28.2 Å². The standard InChI is InChI=1S/C11H18O3/c1-6-2-3-7-5-9(12)11(14)10(13)8(7)4-6/h6-10,12-13H,2-5H2,1H3. The number of aliphatic hydroxyl groups excluding tert-OH is 2. The molecule has 0 saturated heterocycles. The zero-order valence-corrected chi connectivity index (χ0v) is 8.52. The average Bonchev–Trinajstić information content (AvgIpc) is 2.16. The van der Waals surface area contributed by atoms with E-state index in [1.807, 2.05) is 0 Å². The number of hydrogen-bond donors (Lipinski definition) is 2. The van der Waals surface area contributed by atoms with Crippen molar-refractivity contribution < 1.29 is 15.0 Å². The fourth-order valence-corrected chi connectivity index (χ4v) is 2.98. The first-order chi connectivity index (χ1) is 6.59. The molecule has 0 aromatic rings. The third-order valence-electron chi connectivity index (χ3n) is 3.86. The predicted octanol–water partition coefficient (Wildman–Crippen LogP) is 0.733. The van der Waals surface area contributed by atoms with E-state index in [0.29, 0.717) is 18.3 Å². The Morgan fingerprint density at radius 2 is 1.93 bits per heavy atom. The third-order valence-corrected chi connectivity index (χ3v) is 3.86. The lowest BCUT2D eigenvalue weighted by molar-refractivity contribution is -0.149. The molecule has 2 rings (SSSR count). The van der Waals surface area contributed by atoms with E-state index in [0.717, 1.165) is 19.3 Å². The summed E-state index contributed by atoms with van der Waals surface area (Å²) >= 11 is 0. The zero-order chi connectivity index (χ0) is 10.3. The van der Waals surface area contributed by atoms with Gasteiger partial charge in [-0.1, -0.05) is 13.3 Å². The lowest BCUT2D eigenvalue weighted by atomic mass is 9.65. The number of rotatable bonds is 0. The molecule has 2 saturated carbocycles. The Kier molecular flexibility index (Phi) is 2.62. The largest absolute Gasteiger partial charge is 0.385 e. The van der Waals surface area contributed by atoms with E-state index in [-0.39, 0.29) is 11.7 Å². The van der Waals surface area contributed by atoms with Crippen molar-refractivity contribution in [2.75, 3.05) is 0 Å². The molecular formula is C11H18O3. The molecule has 0 aliphatic heterocycles. The Morgan fingerprint density at radius 1 is 1.21 bits per heavy atom. The van der Waals surface area contributed by atoms with Crippen LogP contribution in [-0.2, 0) is 4.79 Å². The Hall–Kier alpha value is -0.410. The second-order valence-corrected chi connectivity index (χ2v) is 4.94. The molecule has 5 unspecified atom stereocenters. The first-order valence-electron chi connectivity index (χ1n) is 5.49. The van der Waals surface area contributed by atoms with Gasteiger partial charge in [0, 0.05) is 0 Å². The molecule has 3 heteroatoms. The van der Waals surface area contributed by atoms with Crippen LogP contribution in [0.15, 0.2) is 0 Å². The maximum atomic E-state index is 11.4. The van der Waals surface area contributed by atoms with E-state index < -0.39 is 12.2 Å². The highest BCUT2D eigenvalue weighted by Gasteiger charge is 2.44. The Labute approximate surface area is 84.1 Å². The topological polar surface area (TPSA) is 57.5 Å². The van der Waals surface area contributed by atoms with Crippen LogP contribution in [0.25, 0.3) is 0 Å². The fourth-order valence-electron chi connectivity index (χ4n) is 2.98. The van der Waals surface area contributed by atoms with Gasteiger partial charge in [0.25, 0.3) is 0 Å². The highest BCUT2D eigenvalue weighted by Crippen LogP contribution is 2.41. The smallest absolute Gasteiger partial charge is 0.189 e. The SMILES string of the molecule is CC1CCC2CC(O)C(=O)C(O)C2C1. The zero-order valence-electron chi connectivity index (χ0n) is 8.52. The van der Waals surface area contributed by atoms with E-state index in [1.54, 1.807) is 0 Å². The molecule has 0 heterocycles. The van der Waals surface area contributed by atoms with Crippen LogP contribution in [0.5, 0.6) is 0 Å². The molecule has 14 heavy (non-hydrogen) atoms. The van der Waals surface area contributed by atoms with Crippen LogP contribution in [0.3, 0.4) is 0 Å². The molecule has 0 radical (unpaired) electrons. The van der Waals surface area contributed by atoms with Crippen molar-refractivity contribution in [2.24, 2.45) is 17.8 Å². The highest BCUT2D eigenvalue weighted by atomic mass is 16.3. The summed E-state index contributed by atoms with van der Waals surface area (Å²) in [5, 5.41) is 19.2. The van der Waals surface area contributed by atoms with Crippen LogP contribution in [0.2, 0.25) is 0 Å². The predicted molar refractivity (Wildman–Crippen MR) is 51.6 cm³/mol. The van der Waals surface area contributed by atoms with E-state index in [4.69, 9.17) is 0 Å². The summed E-state index contributed by atoms with van der Waals surface area (Å²) in [6.45, 7) is 2.17. The number of aliphatic hydroxyl groups is 2. The Morgan fingerprint density at radius 3 is 2.64 bits per heavy atom. The van der Waals surface area contributed by atoms with E-state index in [1.165, 1.54) is 0 Å². The maximum absolute atomic E-state index is 11.4.